The van der Waals surface area contributed by atoms with Crippen molar-refractivity contribution in [2.45, 2.75) is 18.6 Å². The van der Waals surface area contributed by atoms with Gasteiger partial charge in [-0.25, -0.2) is 5.48 Å². The minimum atomic E-state index is -1.60. The zero-order valence-corrected chi connectivity index (χ0v) is 17.1. The number of rotatable bonds is 4. The van der Waals surface area contributed by atoms with Gasteiger partial charge in [0.25, 0.3) is 17.6 Å². The summed E-state index contributed by atoms with van der Waals surface area (Å²) in [7, 11) is 0. The fraction of sp³-hybridized carbons (Fsp3) is 0.286. The van der Waals surface area contributed by atoms with Crippen LogP contribution in [0.5, 0.6) is 0 Å². The number of halogens is 1. The van der Waals surface area contributed by atoms with E-state index in [1.165, 1.54) is 34.6 Å². The van der Waals surface area contributed by atoms with E-state index >= 15 is 0 Å². The Bertz CT molecular complexity index is 1020. The fourth-order valence-corrected chi connectivity index (χ4v) is 3.81. The summed E-state index contributed by atoms with van der Waals surface area (Å²) >= 11 is 6.16. The lowest BCUT2D eigenvalue weighted by Crippen LogP contribution is -2.46. The van der Waals surface area contributed by atoms with Crippen LogP contribution in [-0.2, 0) is 24.8 Å². The van der Waals surface area contributed by atoms with Gasteiger partial charge in [-0.3, -0.25) is 24.5 Å². The van der Waals surface area contributed by atoms with Crippen LogP contribution in [0.3, 0.4) is 0 Å². The summed E-state index contributed by atoms with van der Waals surface area (Å²) in [4.78, 5) is 38.7. The molecule has 0 aliphatic carbocycles. The SMILES string of the molecule is O=C(CN1C(=O)C2(OCCCCO2)c2cc(Cl)ccc21)Nc1ccc(C(=O)NO)cc1. The molecule has 3 amide bonds. The molecule has 9 nitrogen and oxygen atoms in total. The minimum Gasteiger partial charge on any atom is -0.338 e. The molecule has 1 saturated heterocycles. The van der Waals surface area contributed by atoms with Crippen molar-refractivity contribution in [1.82, 2.24) is 5.48 Å². The number of nitrogens with one attached hydrogen (secondary N) is 2. The average Bonchev–Trinajstić information content (AvgIpc) is 2.94. The molecule has 2 heterocycles. The molecule has 2 aliphatic heterocycles. The van der Waals surface area contributed by atoms with Gasteiger partial charge in [-0.05, 0) is 55.3 Å². The number of hydrogen-bond donors (Lipinski definition) is 3. The van der Waals surface area contributed by atoms with Crippen LogP contribution in [0.1, 0.15) is 28.8 Å². The van der Waals surface area contributed by atoms with Crippen molar-refractivity contribution < 1.29 is 29.1 Å². The number of anilines is 2. The molecule has 2 aromatic rings. The fourth-order valence-electron chi connectivity index (χ4n) is 3.64. The van der Waals surface area contributed by atoms with Crippen LogP contribution in [0.4, 0.5) is 11.4 Å². The predicted octanol–water partition coefficient (Wildman–Crippen LogP) is 2.42. The predicted molar refractivity (Wildman–Crippen MR) is 111 cm³/mol. The van der Waals surface area contributed by atoms with Gasteiger partial charge in [0, 0.05) is 21.8 Å². The van der Waals surface area contributed by atoms with E-state index < -0.39 is 23.5 Å². The molecular weight excluding hydrogens is 426 g/mol. The lowest BCUT2D eigenvalue weighted by atomic mass is 10.1. The van der Waals surface area contributed by atoms with Crippen molar-refractivity contribution in [3.63, 3.8) is 0 Å². The van der Waals surface area contributed by atoms with E-state index in [0.29, 0.717) is 35.2 Å². The molecule has 1 fully saturated rings. The highest BCUT2D eigenvalue weighted by atomic mass is 35.5. The van der Waals surface area contributed by atoms with Gasteiger partial charge in [0.05, 0.1) is 18.9 Å². The summed E-state index contributed by atoms with van der Waals surface area (Å²) in [5.74, 6) is -3.18. The number of benzene rings is 2. The molecule has 0 saturated carbocycles. The number of fused-ring (bicyclic) bond motifs is 2. The quantitative estimate of drug-likeness (QED) is 0.491. The van der Waals surface area contributed by atoms with Gasteiger partial charge >= 0.3 is 0 Å². The molecule has 0 atom stereocenters. The molecule has 2 aliphatic rings. The summed E-state index contributed by atoms with van der Waals surface area (Å²) in [6.07, 6.45) is 1.52. The van der Waals surface area contributed by atoms with E-state index in [1.807, 2.05) is 0 Å². The van der Waals surface area contributed by atoms with Gasteiger partial charge in [-0.15, -0.1) is 0 Å². The van der Waals surface area contributed by atoms with E-state index in [9.17, 15) is 14.4 Å². The van der Waals surface area contributed by atoms with E-state index in [0.717, 1.165) is 12.8 Å². The summed E-state index contributed by atoms with van der Waals surface area (Å²) < 4.78 is 11.7. The second-order valence-electron chi connectivity index (χ2n) is 7.14. The Labute approximate surface area is 182 Å². The van der Waals surface area contributed by atoms with E-state index in [4.69, 9.17) is 26.3 Å². The highest BCUT2D eigenvalue weighted by molar-refractivity contribution is 6.31. The molecular formula is C21H20ClN3O6. The Morgan fingerprint density at radius 2 is 1.77 bits per heavy atom. The van der Waals surface area contributed by atoms with Crippen molar-refractivity contribution in [3.8, 4) is 0 Å². The molecule has 1 spiro atoms. The van der Waals surface area contributed by atoms with Crippen LogP contribution in [0, 0.1) is 0 Å². The average molecular weight is 446 g/mol. The maximum absolute atomic E-state index is 13.3. The number of hydroxylamine groups is 1. The van der Waals surface area contributed by atoms with Crippen LogP contribution in [-0.4, -0.2) is 42.7 Å². The van der Waals surface area contributed by atoms with E-state index in [1.54, 1.807) is 18.2 Å². The van der Waals surface area contributed by atoms with Gasteiger partial charge < -0.3 is 14.8 Å². The summed E-state index contributed by atoms with van der Waals surface area (Å²) in [5, 5.41) is 11.8. The van der Waals surface area contributed by atoms with Crippen LogP contribution < -0.4 is 15.7 Å². The third-order valence-corrected chi connectivity index (χ3v) is 5.35. The van der Waals surface area contributed by atoms with Crippen molar-refractivity contribution in [2.24, 2.45) is 0 Å². The van der Waals surface area contributed by atoms with Crippen molar-refractivity contribution in [1.29, 1.82) is 0 Å². The Morgan fingerprint density at radius 3 is 2.42 bits per heavy atom. The first-order chi connectivity index (χ1) is 14.9. The minimum absolute atomic E-state index is 0.227. The Kier molecular flexibility index (Phi) is 5.92. The van der Waals surface area contributed by atoms with E-state index in [2.05, 4.69) is 5.32 Å². The second-order valence-corrected chi connectivity index (χ2v) is 7.58. The summed E-state index contributed by atoms with van der Waals surface area (Å²) in [6, 6.07) is 10.9. The molecule has 3 N–H and O–H groups in total. The molecule has 162 valence electrons. The topological polar surface area (TPSA) is 117 Å². The molecule has 31 heavy (non-hydrogen) atoms. The molecule has 0 bridgehead atoms. The molecule has 4 rings (SSSR count). The Balaban J connectivity index is 1.55. The first kappa shape index (κ1) is 21.3. The zero-order chi connectivity index (χ0) is 22.0. The Morgan fingerprint density at radius 1 is 1.10 bits per heavy atom. The second kappa shape index (κ2) is 8.64. The van der Waals surface area contributed by atoms with Crippen molar-refractivity contribution >= 4 is 40.7 Å². The molecule has 10 heteroatoms. The number of ether oxygens (including phenoxy) is 2. The third-order valence-electron chi connectivity index (χ3n) is 5.11. The van der Waals surface area contributed by atoms with Gasteiger partial charge in [0.15, 0.2) is 0 Å². The van der Waals surface area contributed by atoms with Gasteiger partial charge in [-0.1, -0.05) is 11.6 Å². The van der Waals surface area contributed by atoms with Crippen LogP contribution in [0.15, 0.2) is 42.5 Å². The lowest BCUT2D eigenvalue weighted by Gasteiger charge is -2.26. The van der Waals surface area contributed by atoms with Gasteiger partial charge in [0.2, 0.25) is 5.91 Å². The summed E-state index contributed by atoms with van der Waals surface area (Å²) in [5.41, 5.74) is 3.18. The maximum atomic E-state index is 13.3. The normalized spacial score (nSPS) is 17.2. The number of carbonyl (C=O) groups is 3. The van der Waals surface area contributed by atoms with Crippen LogP contribution >= 0.6 is 11.6 Å². The standard InChI is InChI=1S/C21H20ClN3O6/c22-14-5-8-17-16(11-14)21(30-9-1-2-10-31-21)20(28)25(17)12-18(26)23-15-6-3-13(4-7-15)19(27)24-29/h3-8,11,29H,1-2,9-10,12H2,(H,23,26)(H,24,27). The van der Waals surface area contributed by atoms with Gasteiger partial charge in [0.1, 0.15) is 6.54 Å². The number of nitrogens with zero attached hydrogens (tertiary/aromatic N) is 1. The van der Waals surface area contributed by atoms with Crippen molar-refractivity contribution in [3.05, 3.63) is 58.6 Å². The smallest absolute Gasteiger partial charge is 0.293 e. The summed E-state index contributed by atoms with van der Waals surface area (Å²) in [6.45, 7) is 0.442. The maximum Gasteiger partial charge on any atom is 0.293 e. The molecule has 0 unspecified atom stereocenters. The lowest BCUT2D eigenvalue weighted by molar-refractivity contribution is -0.222. The Hall–Kier alpha value is -2.98. The van der Waals surface area contributed by atoms with Crippen LogP contribution in [0.25, 0.3) is 0 Å². The first-order valence-corrected chi connectivity index (χ1v) is 10.1. The van der Waals surface area contributed by atoms with E-state index in [-0.39, 0.29) is 12.1 Å². The largest absolute Gasteiger partial charge is 0.338 e. The monoisotopic (exact) mass is 445 g/mol. The number of amides is 3. The molecule has 0 aromatic heterocycles. The number of hydrogen-bond acceptors (Lipinski definition) is 6. The first-order valence-electron chi connectivity index (χ1n) is 9.69. The zero-order valence-electron chi connectivity index (χ0n) is 16.4. The molecule has 2 aromatic carbocycles. The highest BCUT2D eigenvalue weighted by Gasteiger charge is 2.54. The highest BCUT2D eigenvalue weighted by Crippen LogP contribution is 2.45. The number of carbonyl (C=O) groups excluding carboxylic acids is 3. The van der Waals surface area contributed by atoms with Crippen LogP contribution in [0.2, 0.25) is 5.02 Å². The molecule has 0 radical (unpaired) electrons. The van der Waals surface area contributed by atoms with Crippen molar-refractivity contribution in [2.75, 3.05) is 30.0 Å². The van der Waals surface area contributed by atoms with Gasteiger partial charge in [-0.2, -0.15) is 0 Å². The third kappa shape index (κ3) is 4.00.